The van der Waals surface area contributed by atoms with Gasteiger partial charge >= 0.3 is 0 Å². The van der Waals surface area contributed by atoms with Gasteiger partial charge in [0.25, 0.3) is 0 Å². The van der Waals surface area contributed by atoms with E-state index in [-0.39, 0.29) is 6.04 Å². The highest BCUT2D eigenvalue weighted by molar-refractivity contribution is 7.98. The fourth-order valence-electron chi connectivity index (χ4n) is 3.48. The lowest BCUT2D eigenvalue weighted by atomic mass is 9.91. The van der Waals surface area contributed by atoms with Crippen LogP contribution in [0.25, 0.3) is 10.9 Å². The second kappa shape index (κ2) is 5.49. The average molecular weight is 308 g/mol. The summed E-state index contributed by atoms with van der Waals surface area (Å²) in [5.74, 6) is 0. The van der Waals surface area contributed by atoms with E-state index in [0.717, 1.165) is 6.42 Å². The van der Waals surface area contributed by atoms with E-state index < -0.39 is 0 Å². The van der Waals surface area contributed by atoms with Crippen molar-refractivity contribution in [2.24, 2.45) is 0 Å². The van der Waals surface area contributed by atoms with Gasteiger partial charge in [-0.15, -0.1) is 11.8 Å². The van der Waals surface area contributed by atoms with Gasteiger partial charge in [-0.1, -0.05) is 30.3 Å². The van der Waals surface area contributed by atoms with Crippen LogP contribution < -0.4 is 5.32 Å². The Kier molecular flexibility index (Phi) is 3.47. The Hall–Kier alpha value is -1.71. The lowest BCUT2D eigenvalue weighted by molar-refractivity contribution is 0.460. The van der Waals surface area contributed by atoms with Crippen molar-refractivity contribution in [2.75, 3.05) is 6.26 Å². The Balaban J connectivity index is 1.90. The van der Waals surface area contributed by atoms with Gasteiger partial charge in [0.15, 0.2) is 0 Å². The van der Waals surface area contributed by atoms with Gasteiger partial charge in [0.1, 0.15) is 0 Å². The summed E-state index contributed by atoms with van der Waals surface area (Å²) in [6.07, 6.45) is 3.22. The molecule has 4 rings (SSSR count). The molecule has 3 aromatic rings. The maximum Gasteiger partial charge on any atom is 0.0734 e. The van der Waals surface area contributed by atoms with E-state index in [1.54, 1.807) is 11.8 Å². The number of hydrogen-bond donors (Lipinski definition) is 2. The maximum atomic E-state index is 3.74. The number of hydrogen-bond acceptors (Lipinski definition) is 2. The molecule has 112 valence electrons. The lowest BCUT2D eigenvalue weighted by Gasteiger charge is -2.29. The van der Waals surface area contributed by atoms with Crippen LogP contribution in [-0.2, 0) is 6.42 Å². The van der Waals surface area contributed by atoms with Gasteiger partial charge < -0.3 is 10.3 Å². The van der Waals surface area contributed by atoms with E-state index in [9.17, 15) is 0 Å². The number of aromatic nitrogens is 1. The van der Waals surface area contributed by atoms with Crippen LogP contribution >= 0.6 is 11.8 Å². The first-order chi connectivity index (χ1) is 10.8. The molecule has 2 N–H and O–H groups in total. The van der Waals surface area contributed by atoms with Gasteiger partial charge in [0.2, 0.25) is 0 Å². The highest BCUT2D eigenvalue weighted by Crippen LogP contribution is 2.36. The molecule has 0 saturated heterocycles. The number of benzene rings is 2. The fraction of sp³-hybridized carbons (Fsp3) is 0.263. The minimum Gasteiger partial charge on any atom is -0.357 e. The molecule has 1 aromatic heterocycles. The van der Waals surface area contributed by atoms with Crippen molar-refractivity contribution in [2.45, 2.75) is 30.3 Å². The normalized spacial score (nSPS) is 21.0. The molecule has 2 nitrogen and oxygen atoms in total. The first kappa shape index (κ1) is 13.9. The van der Waals surface area contributed by atoms with Crippen LogP contribution in [0.15, 0.2) is 53.4 Å². The van der Waals surface area contributed by atoms with E-state index in [2.05, 4.69) is 72.0 Å². The van der Waals surface area contributed by atoms with Crippen LogP contribution in [0.2, 0.25) is 0 Å². The summed E-state index contributed by atoms with van der Waals surface area (Å²) >= 11 is 1.81. The highest BCUT2D eigenvalue weighted by Gasteiger charge is 2.28. The first-order valence-corrected chi connectivity index (χ1v) is 8.98. The SMILES string of the molecule is CSc1ccc2[nH]c3c(c2c1)CC(C)NC3c1ccccc1. The Labute approximate surface area is 135 Å². The summed E-state index contributed by atoms with van der Waals surface area (Å²) in [6.45, 7) is 2.27. The largest absolute Gasteiger partial charge is 0.357 e. The van der Waals surface area contributed by atoms with Crippen molar-refractivity contribution in [3.8, 4) is 0 Å². The van der Waals surface area contributed by atoms with E-state index in [0.29, 0.717) is 6.04 Å². The van der Waals surface area contributed by atoms with E-state index >= 15 is 0 Å². The molecule has 2 unspecified atom stereocenters. The molecule has 22 heavy (non-hydrogen) atoms. The summed E-state index contributed by atoms with van der Waals surface area (Å²) in [7, 11) is 0. The first-order valence-electron chi connectivity index (χ1n) is 7.75. The smallest absolute Gasteiger partial charge is 0.0734 e. The number of rotatable bonds is 2. The van der Waals surface area contributed by atoms with Crippen LogP contribution in [0.1, 0.15) is 29.8 Å². The number of thioether (sulfide) groups is 1. The Morgan fingerprint density at radius 3 is 2.68 bits per heavy atom. The molecule has 0 saturated carbocycles. The molecule has 0 spiro atoms. The van der Waals surface area contributed by atoms with Crippen molar-refractivity contribution in [3.63, 3.8) is 0 Å². The van der Waals surface area contributed by atoms with Crippen molar-refractivity contribution in [1.29, 1.82) is 0 Å². The second-order valence-electron chi connectivity index (χ2n) is 6.04. The van der Waals surface area contributed by atoms with Crippen molar-refractivity contribution in [1.82, 2.24) is 10.3 Å². The zero-order chi connectivity index (χ0) is 15.1. The fourth-order valence-corrected chi connectivity index (χ4v) is 3.92. The predicted molar refractivity (Wildman–Crippen MR) is 94.7 cm³/mol. The monoisotopic (exact) mass is 308 g/mol. The number of nitrogens with one attached hydrogen (secondary N) is 2. The molecular formula is C19H20N2S. The van der Waals surface area contributed by atoms with Crippen LogP contribution in [-0.4, -0.2) is 17.3 Å². The predicted octanol–water partition coefficient (Wildman–Crippen LogP) is 4.51. The molecule has 1 aliphatic heterocycles. The quantitative estimate of drug-likeness (QED) is 0.682. The van der Waals surface area contributed by atoms with Crippen molar-refractivity contribution < 1.29 is 0 Å². The van der Waals surface area contributed by atoms with Crippen LogP contribution in [0.5, 0.6) is 0 Å². The van der Waals surface area contributed by atoms with Crippen LogP contribution in [0, 0.1) is 0 Å². The van der Waals surface area contributed by atoms with Crippen LogP contribution in [0.4, 0.5) is 0 Å². The van der Waals surface area contributed by atoms with E-state index in [4.69, 9.17) is 0 Å². The molecule has 0 fully saturated rings. The van der Waals surface area contributed by atoms with E-state index in [1.807, 2.05) is 0 Å². The molecule has 0 bridgehead atoms. The minimum absolute atomic E-state index is 0.255. The van der Waals surface area contributed by atoms with Gasteiger partial charge in [-0.25, -0.2) is 0 Å². The van der Waals surface area contributed by atoms with Gasteiger partial charge in [0.05, 0.1) is 6.04 Å². The Morgan fingerprint density at radius 1 is 1.09 bits per heavy atom. The summed E-state index contributed by atoms with van der Waals surface area (Å²) in [5, 5.41) is 5.13. The van der Waals surface area contributed by atoms with Gasteiger partial charge in [0, 0.05) is 27.5 Å². The molecule has 0 amide bonds. The highest BCUT2D eigenvalue weighted by atomic mass is 32.2. The Bertz CT molecular complexity index is 807. The molecule has 2 heterocycles. The molecule has 3 heteroatoms. The second-order valence-corrected chi connectivity index (χ2v) is 6.92. The molecule has 0 radical (unpaired) electrons. The molecule has 2 aromatic carbocycles. The lowest BCUT2D eigenvalue weighted by Crippen LogP contribution is -2.37. The van der Waals surface area contributed by atoms with Gasteiger partial charge in [-0.3, -0.25) is 0 Å². The Morgan fingerprint density at radius 2 is 1.91 bits per heavy atom. The van der Waals surface area contributed by atoms with Gasteiger partial charge in [-0.2, -0.15) is 0 Å². The van der Waals surface area contributed by atoms with Crippen LogP contribution in [0.3, 0.4) is 0 Å². The summed E-state index contributed by atoms with van der Waals surface area (Å²) in [5.41, 5.74) is 5.38. The number of H-pyrrole nitrogens is 1. The van der Waals surface area contributed by atoms with E-state index in [1.165, 1.54) is 32.6 Å². The standard InChI is InChI=1S/C19H20N2S/c1-12-10-16-15-11-14(22-2)8-9-17(15)21-19(16)18(20-12)13-6-4-3-5-7-13/h3-9,11-12,18,20-21H,10H2,1-2H3. The third-order valence-electron chi connectivity index (χ3n) is 4.53. The van der Waals surface area contributed by atoms with Gasteiger partial charge in [-0.05, 0) is 48.9 Å². The third-order valence-corrected chi connectivity index (χ3v) is 5.25. The zero-order valence-corrected chi connectivity index (χ0v) is 13.7. The average Bonchev–Trinajstić information content (AvgIpc) is 2.92. The third kappa shape index (κ3) is 2.25. The summed E-state index contributed by atoms with van der Waals surface area (Å²) in [6, 6.07) is 18.2. The molecule has 0 aliphatic carbocycles. The van der Waals surface area contributed by atoms with Crippen molar-refractivity contribution >= 4 is 22.7 Å². The molecule has 2 atom stereocenters. The topological polar surface area (TPSA) is 27.8 Å². The number of aromatic amines is 1. The van der Waals surface area contributed by atoms with Crippen molar-refractivity contribution in [3.05, 3.63) is 65.4 Å². The minimum atomic E-state index is 0.255. The zero-order valence-electron chi connectivity index (χ0n) is 12.9. The number of fused-ring (bicyclic) bond motifs is 3. The maximum absolute atomic E-state index is 3.74. The summed E-state index contributed by atoms with van der Waals surface area (Å²) in [4.78, 5) is 5.00. The molecule has 1 aliphatic rings. The summed E-state index contributed by atoms with van der Waals surface area (Å²) < 4.78 is 0. The molecular weight excluding hydrogens is 288 g/mol.